The summed E-state index contributed by atoms with van der Waals surface area (Å²) in [4.78, 5) is 25.8. The Morgan fingerprint density at radius 1 is 1.11 bits per heavy atom. The van der Waals surface area contributed by atoms with Gasteiger partial charge >= 0.3 is 0 Å². The molecule has 5 heteroatoms. The van der Waals surface area contributed by atoms with E-state index in [2.05, 4.69) is 11.4 Å². The largest absolute Gasteiger partial charge is 0.346 e. The van der Waals surface area contributed by atoms with Crippen molar-refractivity contribution in [3.8, 4) is 6.07 Å². The highest BCUT2D eigenvalue weighted by Gasteiger charge is 2.39. The van der Waals surface area contributed by atoms with Gasteiger partial charge in [-0.1, -0.05) is 19.3 Å². The Morgan fingerprint density at radius 2 is 1.74 bits per heavy atom. The van der Waals surface area contributed by atoms with Crippen LogP contribution in [0.2, 0.25) is 0 Å². The van der Waals surface area contributed by atoms with E-state index in [4.69, 9.17) is 0 Å². The van der Waals surface area contributed by atoms with Gasteiger partial charge in [-0.3, -0.25) is 9.59 Å². The molecule has 5 nitrogen and oxygen atoms in total. The number of hydrogen-bond acceptors (Lipinski definition) is 3. The molecule has 1 heterocycles. The van der Waals surface area contributed by atoms with Crippen LogP contribution in [0.3, 0.4) is 0 Å². The van der Waals surface area contributed by atoms with Crippen molar-refractivity contribution >= 4 is 11.8 Å². The molecule has 2 aliphatic rings. The normalized spacial score (nSPS) is 21.7. The first kappa shape index (κ1) is 13.9. The maximum absolute atomic E-state index is 12.2. The van der Waals surface area contributed by atoms with Crippen molar-refractivity contribution in [3.05, 3.63) is 0 Å². The summed E-state index contributed by atoms with van der Waals surface area (Å²) in [7, 11) is 0. The van der Waals surface area contributed by atoms with Gasteiger partial charge in [0.2, 0.25) is 11.8 Å². The van der Waals surface area contributed by atoms with E-state index in [9.17, 15) is 14.9 Å². The van der Waals surface area contributed by atoms with Crippen LogP contribution in [-0.4, -0.2) is 36.3 Å². The van der Waals surface area contributed by atoms with Crippen LogP contribution in [-0.2, 0) is 9.59 Å². The van der Waals surface area contributed by atoms with Crippen LogP contribution in [0.1, 0.15) is 44.9 Å². The van der Waals surface area contributed by atoms with Gasteiger partial charge in [0.25, 0.3) is 0 Å². The molecule has 0 aromatic rings. The molecule has 1 saturated carbocycles. The Kier molecular flexibility index (Phi) is 4.41. The van der Waals surface area contributed by atoms with Gasteiger partial charge in [-0.2, -0.15) is 5.26 Å². The molecule has 2 fully saturated rings. The molecule has 2 amide bonds. The molecule has 0 spiro atoms. The number of likely N-dealkylation sites (tertiary alicyclic amines) is 1. The summed E-state index contributed by atoms with van der Waals surface area (Å²) in [5, 5.41) is 12.0. The summed E-state index contributed by atoms with van der Waals surface area (Å²) in [6, 6.07) is 2.17. The zero-order valence-corrected chi connectivity index (χ0v) is 11.3. The maximum atomic E-state index is 12.2. The first-order valence-corrected chi connectivity index (χ1v) is 7.15. The van der Waals surface area contributed by atoms with E-state index in [0.29, 0.717) is 12.8 Å². The molecule has 2 rings (SSSR count). The standard InChI is InChI=1S/C14H21N3O2/c15-11-14(6-2-1-3-7-14)13(19)16-10-12(18)17-8-4-5-9-17/h1-10H2,(H,16,19). The predicted molar refractivity (Wildman–Crippen MR) is 70.0 cm³/mol. The van der Waals surface area contributed by atoms with Crippen LogP contribution in [0.25, 0.3) is 0 Å². The number of amides is 2. The Hall–Kier alpha value is -1.57. The number of nitrogens with zero attached hydrogens (tertiary/aromatic N) is 2. The van der Waals surface area contributed by atoms with E-state index in [1.165, 1.54) is 0 Å². The fourth-order valence-electron chi connectivity index (χ4n) is 2.95. The minimum Gasteiger partial charge on any atom is -0.346 e. The molecule has 19 heavy (non-hydrogen) atoms. The van der Waals surface area contributed by atoms with Gasteiger partial charge in [0.05, 0.1) is 12.6 Å². The topological polar surface area (TPSA) is 73.2 Å². The van der Waals surface area contributed by atoms with Gasteiger partial charge < -0.3 is 10.2 Å². The van der Waals surface area contributed by atoms with Crippen LogP contribution >= 0.6 is 0 Å². The predicted octanol–water partition coefficient (Wildman–Crippen LogP) is 1.20. The lowest BCUT2D eigenvalue weighted by molar-refractivity contribution is -0.135. The quantitative estimate of drug-likeness (QED) is 0.831. The van der Waals surface area contributed by atoms with Crippen molar-refractivity contribution in [2.24, 2.45) is 5.41 Å². The summed E-state index contributed by atoms with van der Waals surface area (Å²) in [6.07, 6.45) is 6.25. The van der Waals surface area contributed by atoms with Crippen molar-refractivity contribution in [1.29, 1.82) is 5.26 Å². The minimum absolute atomic E-state index is 0.0300. The van der Waals surface area contributed by atoms with Crippen LogP contribution in [0.5, 0.6) is 0 Å². The molecule has 0 aromatic carbocycles. The van der Waals surface area contributed by atoms with E-state index >= 15 is 0 Å². The lowest BCUT2D eigenvalue weighted by Crippen LogP contribution is -2.46. The zero-order valence-electron chi connectivity index (χ0n) is 11.3. The number of carbonyl (C=O) groups excluding carboxylic acids is 2. The lowest BCUT2D eigenvalue weighted by Gasteiger charge is -2.29. The average molecular weight is 263 g/mol. The Balaban J connectivity index is 1.86. The molecule has 1 N–H and O–H groups in total. The molecule has 1 aliphatic carbocycles. The second kappa shape index (κ2) is 6.05. The number of nitriles is 1. The van der Waals surface area contributed by atoms with E-state index in [1.807, 2.05) is 0 Å². The summed E-state index contributed by atoms with van der Waals surface area (Å²) in [5.41, 5.74) is -0.899. The fraction of sp³-hybridized carbons (Fsp3) is 0.786. The Labute approximate surface area is 113 Å². The van der Waals surface area contributed by atoms with Crippen molar-refractivity contribution in [2.45, 2.75) is 44.9 Å². The average Bonchev–Trinajstić information content (AvgIpc) is 2.99. The second-order valence-corrected chi connectivity index (χ2v) is 5.53. The number of rotatable bonds is 3. The smallest absolute Gasteiger partial charge is 0.241 e. The first-order valence-electron chi connectivity index (χ1n) is 7.15. The van der Waals surface area contributed by atoms with Crippen molar-refractivity contribution in [1.82, 2.24) is 10.2 Å². The van der Waals surface area contributed by atoms with Crippen LogP contribution in [0, 0.1) is 16.7 Å². The number of carbonyl (C=O) groups is 2. The number of nitrogens with one attached hydrogen (secondary N) is 1. The molecule has 1 saturated heterocycles. The van der Waals surface area contributed by atoms with Crippen molar-refractivity contribution in [2.75, 3.05) is 19.6 Å². The zero-order chi connectivity index (χ0) is 13.7. The molecule has 0 atom stereocenters. The van der Waals surface area contributed by atoms with Crippen LogP contribution in [0.15, 0.2) is 0 Å². The summed E-state index contributed by atoms with van der Waals surface area (Å²) >= 11 is 0. The monoisotopic (exact) mass is 263 g/mol. The third-order valence-electron chi connectivity index (χ3n) is 4.21. The number of hydrogen-bond donors (Lipinski definition) is 1. The van der Waals surface area contributed by atoms with E-state index in [1.54, 1.807) is 4.90 Å². The van der Waals surface area contributed by atoms with Gasteiger partial charge in [-0.25, -0.2) is 0 Å². The summed E-state index contributed by atoms with van der Waals surface area (Å²) in [6.45, 7) is 1.61. The van der Waals surface area contributed by atoms with Crippen molar-refractivity contribution < 1.29 is 9.59 Å². The van der Waals surface area contributed by atoms with Crippen molar-refractivity contribution in [3.63, 3.8) is 0 Å². The van der Waals surface area contributed by atoms with Gasteiger partial charge in [0, 0.05) is 13.1 Å². The first-order chi connectivity index (χ1) is 9.18. The minimum atomic E-state index is -0.899. The summed E-state index contributed by atoms with van der Waals surface area (Å²) < 4.78 is 0. The highest BCUT2D eigenvalue weighted by molar-refractivity contribution is 5.89. The molecular weight excluding hydrogens is 242 g/mol. The second-order valence-electron chi connectivity index (χ2n) is 5.53. The highest BCUT2D eigenvalue weighted by atomic mass is 16.2. The van der Waals surface area contributed by atoms with E-state index < -0.39 is 5.41 Å². The van der Waals surface area contributed by atoms with E-state index in [0.717, 1.165) is 45.2 Å². The van der Waals surface area contributed by atoms with Crippen LogP contribution < -0.4 is 5.32 Å². The van der Waals surface area contributed by atoms with Gasteiger partial charge in [-0.05, 0) is 25.7 Å². The molecule has 0 radical (unpaired) electrons. The SMILES string of the molecule is N#CC1(C(=O)NCC(=O)N2CCCC2)CCCCC1. The van der Waals surface area contributed by atoms with Gasteiger partial charge in [0.15, 0.2) is 0 Å². The lowest BCUT2D eigenvalue weighted by atomic mass is 9.74. The maximum Gasteiger partial charge on any atom is 0.241 e. The van der Waals surface area contributed by atoms with E-state index in [-0.39, 0.29) is 18.4 Å². The molecule has 0 unspecified atom stereocenters. The molecule has 0 bridgehead atoms. The van der Waals surface area contributed by atoms with Gasteiger partial charge in [0.1, 0.15) is 5.41 Å². The Morgan fingerprint density at radius 3 is 2.32 bits per heavy atom. The third kappa shape index (κ3) is 3.06. The van der Waals surface area contributed by atoms with Gasteiger partial charge in [-0.15, -0.1) is 0 Å². The molecule has 0 aromatic heterocycles. The van der Waals surface area contributed by atoms with Crippen LogP contribution in [0.4, 0.5) is 0 Å². The third-order valence-corrected chi connectivity index (χ3v) is 4.21. The molecular formula is C14H21N3O2. The summed E-state index contributed by atoms with van der Waals surface area (Å²) in [5.74, 6) is -0.294. The molecule has 1 aliphatic heterocycles. The molecule has 104 valence electrons. The highest BCUT2D eigenvalue weighted by Crippen LogP contribution is 2.35. The Bertz CT molecular complexity index is 388. The fourth-order valence-corrected chi connectivity index (χ4v) is 2.95.